The number of aryl methyl sites for hydroxylation is 2. The Balaban J connectivity index is 2.52. The van der Waals surface area contributed by atoms with E-state index in [0.29, 0.717) is 17.3 Å². The molecule has 0 aliphatic carbocycles. The summed E-state index contributed by atoms with van der Waals surface area (Å²) in [5.74, 6) is -0.701. The van der Waals surface area contributed by atoms with Crippen molar-refractivity contribution in [2.24, 2.45) is 0 Å². The Hall–Kier alpha value is -2.36. The molecule has 6 nitrogen and oxygen atoms in total. The van der Waals surface area contributed by atoms with Gasteiger partial charge in [0.15, 0.2) is 0 Å². The van der Waals surface area contributed by atoms with E-state index in [4.69, 9.17) is 0 Å². The van der Waals surface area contributed by atoms with E-state index in [0.717, 1.165) is 6.07 Å². The van der Waals surface area contributed by atoms with Gasteiger partial charge in [-0.25, -0.2) is 0 Å². The van der Waals surface area contributed by atoms with Crippen molar-refractivity contribution < 1.29 is 25.8 Å². The van der Waals surface area contributed by atoms with Crippen molar-refractivity contribution in [1.82, 2.24) is 9.55 Å². The second-order valence-corrected chi connectivity index (χ2v) is 6.19. The van der Waals surface area contributed by atoms with Gasteiger partial charge in [-0.1, -0.05) is 0 Å². The number of nitrogens with zero attached hydrogens (tertiary/aromatic N) is 2. The van der Waals surface area contributed by atoms with Crippen LogP contribution < -0.4 is 9.74 Å². The van der Waals surface area contributed by atoms with Crippen molar-refractivity contribution in [1.29, 1.82) is 0 Å². The lowest BCUT2D eigenvalue weighted by molar-refractivity contribution is -0.0500. The van der Waals surface area contributed by atoms with E-state index in [9.17, 15) is 26.4 Å². The SMILES string of the molecule is Cc1cnccc1-n1c(C)cc(OS(=O)(=O)C(F)(F)F)cc1=O. The van der Waals surface area contributed by atoms with Gasteiger partial charge >= 0.3 is 15.6 Å². The van der Waals surface area contributed by atoms with Gasteiger partial charge in [-0.05, 0) is 25.5 Å². The normalized spacial score (nSPS) is 12.2. The van der Waals surface area contributed by atoms with E-state index in [-0.39, 0.29) is 5.69 Å². The minimum absolute atomic E-state index is 0.208. The maximum atomic E-state index is 12.3. The Labute approximate surface area is 129 Å². The maximum absolute atomic E-state index is 12.3. The first-order chi connectivity index (χ1) is 10.5. The molecule has 0 saturated carbocycles. The minimum Gasteiger partial charge on any atom is -0.376 e. The Bertz CT molecular complexity index is 904. The van der Waals surface area contributed by atoms with Crippen LogP contribution in [-0.2, 0) is 10.1 Å². The number of hydrogen-bond donors (Lipinski definition) is 0. The summed E-state index contributed by atoms with van der Waals surface area (Å²) < 4.78 is 64.1. The number of hydrogen-bond acceptors (Lipinski definition) is 5. The fourth-order valence-corrected chi connectivity index (χ4v) is 2.36. The fourth-order valence-electron chi connectivity index (χ4n) is 1.92. The van der Waals surface area contributed by atoms with Crippen LogP contribution in [0.3, 0.4) is 0 Å². The molecule has 0 unspecified atom stereocenters. The van der Waals surface area contributed by atoms with E-state index in [2.05, 4.69) is 9.17 Å². The van der Waals surface area contributed by atoms with Gasteiger partial charge in [0, 0.05) is 30.2 Å². The third kappa shape index (κ3) is 3.36. The standard InChI is InChI=1S/C13H11F3N2O4S/c1-8-7-17-4-3-11(8)18-9(2)5-10(6-12(18)19)22-23(20,21)13(14,15)16/h3-7H,1-2H3. The molecule has 0 aromatic carbocycles. The molecule has 2 heterocycles. The largest absolute Gasteiger partial charge is 0.534 e. The summed E-state index contributed by atoms with van der Waals surface area (Å²) in [5, 5.41) is 0. The van der Waals surface area contributed by atoms with Crippen LogP contribution in [0.1, 0.15) is 11.3 Å². The first kappa shape index (κ1) is 17.0. The summed E-state index contributed by atoms with van der Waals surface area (Å²) in [7, 11) is -5.83. The third-order valence-electron chi connectivity index (χ3n) is 2.91. The second-order valence-electron chi connectivity index (χ2n) is 4.65. The highest BCUT2D eigenvalue weighted by atomic mass is 32.2. The number of pyridine rings is 2. The summed E-state index contributed by atoms with van der Waals surface area (Å²) >= 11 is 0. The highest BCUT2D eigenvalue weighted by molar-refractivity contribution is 7.88. The zero-order valence-corrected chi connectivity index (χ0v) is 12.8. The van der Waals surface area contributed by atoms with Crippen LogP contribution in [0.15, 0.2) is 35.4 Å². The monoisotopic (exact) mass is 348 g/mol. The molecule has 0 atom stereocenters. The van der Waals surface area contributed by atoms with E-state index in [1.807, 2.05) is 0 Å². The molecule has 0 bridgehead atoms. The van der Waals surface area contributed by atoms with Gasteiger partial charge < -0.3 is 4.18 Å². The lowest BCUT2D eigenvalue weighted by Crippen LogP contribution is -2.29. The molecular formula is C13H11F3N2O4S. The topological polar surface area (TPSA) is 78.3 Å². The van der Waals surface area contributed by atoms with Crippen molar-refractivity contribution in [2.45, 2.75) is 19.4 Å². The molecule has 124 valence electrons. The molecule has 0 radical (unpaired) electrons. The van der Waals surface area contributed by atoms with Crippen molar-refractivity contribution in [3.63, 3.8) is 0 Å². The Morgan fingerprint density at radius 1 is 1.22 bits per heavy atom. The zero-order chi connectivity index (χ0) is 17.4. The molecule has 23 heavy (non-hydrogen) atoms. The molecule has 2 aromatic rings. The van der Waals surface area contributed by atoms with Crippen molar-refractivity contribution in [3.8, 4) is 11.4 Å². The number of halogens is 3. The number of rotatable bonds is 3. The van der Waals surface area contributed by atoms with E-state index < -0.39 is 26.9 Å². The van der Waals surface area contributed by atoms with Crippen LogP contribution in [-0.4, -0.2) is 23.5 Å². The molecule has 0 aliphatic heterocycles. The molecule has 0 N–H and O–H groups in total. The highest BCUT2D eigenvalue weighted by Gasteiger charge is 2.48. The third-order valence-corrected chi connectivity index (χ3v) is 3.89. The molecule has 0 spiro atoms. The first-order valence-electron chi connectivity index (χ1n) is 6.18. The van der Waals surface area contributed by atoms with Crippen LogP contribution in [0.2, 0.25) is 0 Å². The van der Waals surface area contributed by atoms with Crippen LogP contribution in [0, 0.1) is 13.8 Å². The van der Waals surface area contributed by atoms with Gasteiger partial charge in [0.05, 0.1) is 5.69 Å². The molecule has 10 heteroatoms. The summed E-state index contributed by atoms with van der Waals surface area (Å²) in [6.07, 6.45) is 2.96. The minimum atomic E-state index is -5.83. The summed E-state index contributed by atoms with van der Waals surface area (Å²) in [6.45, 7) is 3.14. The van der Waals surface area contributed by atoms with Gasteiger partial charge in [-0.3, -0.25) is 14.3 Å². The summed E-state index contributed by atoms with van der Waals surface area (Å²) in [4.78, 5) is 16.0. The van der Waals surface area contributed by atoms with Gasteiger partial charge in [0.2, 0.25) is 0 Å². The molecule has 0 aliphatic rings. The summed E-state index contributed by atoms with van der Waals surface area (Å²) in [6, 6.07) is 3.26. The van der Waals surface area contributed by atoms with E-state index in [1.54, 1.807) is 13.0 Å². The Morgan fingerprint density at radius 2 is 1.87 bits per heavy atom. The molecular weight excluding hydrogens is 337 g/mol. The molecule has 2 aromatic heterocycles. The Kier molecular flexibility index (Phi) is 4.20. The van der Waals surface area contributed by atoms with Crippen molar-refractivity contribution in [3.05, 3.63) is 52.2 Å². The van der Waals surface area contributed by atoms with Crippen LogP contribution in [0.4, 0.5) is 13.2 Å². The predicted molar refractivity (Wildman–Crippen MR) is 74.9 cm³/mol. The van der Waals surface area contributed by atoms with E-state index >= 15 is 0 Å². The van der Waals surface area contributed by atoms with Gasteiger partial charge in [-0.2, -0.15) is 21.6 Å². The highest BCUT2D eigenvalue weighted by Crippen LogP contribution is 2.27. The Morgan fingerprint density at radius 3 is 2.39 bits per heavy atom. The molecule has 0 fully saturated rings. The first-order valence-corrected chi connectivity index (χ1v) is 7.59. The van der Waals surface area contributed by atoms with E-state index in [1.165, 1.54) is 23.9 Å². The average molecular weight is 348 g/mol. The molecule has 2 rings (SSSR count). The molecule has 0 amide bonds. The van der Waals surface area contributed by atoms with Crippen LogP contribution in [0.5, 0.6) is 5.75 Å². The second kappa shape index (κ2) is 5.69. The van der Waals surface area contributed by atoms with Gasteiger partial charge in [0.25, 0.3) is 5.56 Å². The zero-order valence-electron chi connectivity index (χ0n) is 12.0. The maximum Gasteiger partial charge on any atom is 0.534 e. The quantitative estimate of drug-likeness (QED) is 0.627. The van der Waals surface area contributed by atoms with Crippen molar-refractivity contribution >= 4 is 10.1 Å². The van der Waals surface area contributed by atoms with Crippen LogP contribution in [0.25, 0.3) is 5.69 Å². The van der Waals surface area contributed by atoms with Crippen molar-refractivity contribution in [2.75, 3.05) is 0 Å². The lowest BCUT2D eigenvalue weighted by Gasteiger charge is -2.14. The summed E-state index contributed by atoms with van der Waals surface area (Å²) in [5.41, 5.74) is -4.95. The van der Waals surface area contributed by atoms with Gasteiger partial charge in [-0.15, -0.1) is 0 Å². The lowest BCUT2D eigenvalue weighted by atomic mass is 10.2. The number of alkyl halides is 3. The predicted octanol–water partition coefficient (Wildman–Crippen LogP) is 2.08. The van der Waals surface area contributed by atoms with Gasteiger partial charge in [0.1, 0.15) is 5.75 Å². The smallest absolute Gasteiger partial charge is 0.376 e. The molecule has 0 saturated heterocycles. The fraction of sp³-hybridized carbons (Fsp3) is 0.231. The average Bonchev–Trinajstić information content (AvgIpc) is 2.38. The number of aromatic nitrogens is 2. The van der Waals surface area contributed by atoms with Crippen LogP contribution >= 0.6 is 0 Å².